The zero-order chi connectivity index (χ0) is 28.2. The Kier molecular flexibility index (Phi) is 7.98. The number of rotatable bonds is 8. The van der Waals surface area contributed by atoms with Gasteiger partial charge in [-0.15, -0.1) is 0 Å². The number of aromatic amines is 1. The summed E-state index contributed by atoms with van der Waals surface area (Å²) in [4.78, 5) is 24.0. The van der Waals surface area contributed by atoms with E-state index in [9.17, 15) is 9.90 Å². The Morgan fingerprint density at radius 3 is 2.61 bits per heavy atom. The first-order valence-electron chi connectivity index (χ1n) is 14.2. The fourth-order valence-electron chi connectivity index (χ4n) is 5.56. The van der Waals surface area contributed by atoms with Crippen molar-refractivity contribution in [3.63, 3.8) is 0 Å². The second-order valence-electron chi connectivity index (χ2n) is 10.7. The average Bonchev–Trinajstić information content (AvgIpc) is 3.64. The largest absolute Gasteiger partial charge is 0.494 e. The highest BCUT2D eigenvalue weighted by molar-refractivity contribution is 7.08. The normalized spacial score (nSPS) is 15.2. The van der Waals surface area contributed by atoms with Crippen molar-refractivity contribution in [3.8, 4) is 5.88 Å². The minimum atomic E-state index is -0.172. The molecule has 2 aromatic heterocycles. The molecule has 0 radical (unpaired) electrons. The molecular weight excluding hydrogens is 528 g/mol. The van der Waals surface area contributed by atoms with E-state index in [-0.39, 0.29) is 17.8 Å². The van der Waals surface area contributed by atoms with E-state index in [4.69, 9.17) is 4.99 Å². The molecule has 3 aromatic carbocycles. The summed E-state index contributed by atoms with van der Waals surface area (Å²) in [6.07, 6.45) is 3.82. The number of H-pyrrole nitrogens is 1. The van der Waals surface area contributed by atoms with Gasteiger partial charge in [-0.1, -0.05) is 48.9 Å². The number of benzene rings is 3. The van der Waals surface area contributed by atoms with Crippen LogP contribution in [0, 0.1) is 0 Å². The van der Waals surface area contributed by atoms with Crippen LogP contribution >= 0.6 is 11.3 Å². The zero-order valence-electron chi connectivity index (χ0n) is 23.1. The molecule has 0 saturated carbocycles. The van der Waals surface area contributed by atoms with Crippen molar-refractivity contribution in [1.29, 1.82) is 0 Å². The van der Waals surface area contributed by atoms with Gasteiger partial charge in [0.05, 0.1) is 23.0 Å². The first-order valence-corrected chi connectivity index (χ1v) is 15.1. The van der Waals surface area contributed by atoms with Gasteiger partial charge in [0.25, 0.3) is 5.91 Å². The molecule has 41 heavy (non-hydrogen) atoms. The van der Waals surface area contributed by atoms with Crippen LogP contribution in [0.4, 0.5) is 5.69 Å². The van der Waals surface area contributed by atoms with Gasteiger partial charge in [0.2, 0.25) is 0 Å². The Hall–Kier alpha value is -4.20. The molecule has 0 aliphatic carbocycles. The molecule has 7 heteroatoms. The second kappa shape index (κ2) is 12.1. The van der Waals surface area contributed by atoms with E-state index < -0.39 is 0 Å². The van der Waals surface area contributed by atoms with Gasteiger partial charge >= 0.3 is 0 Å². The van der Waals surface area contributed by atoms with Crippen LogP contribution in [0.2, 0.25) is 0 Å². The van der Waals surface area contributed by atoms with Gasteiger partial charge in [-0.3, -0.25) is 9.69 Å². The van der Waals surface area contributed by atoms with Crippen molar-refractivity contribution in [2.24, 2.45) is 4.99 Å². The van der Waals surface area contributed by atoms with Crippen LogP contribution in [0.1, 0.15) is 64.8 Å². The SMILES string of the molecule is C[C@@H](NC(=O)c1ccc2[nH]c(O)c(C(=Nc3cccc(CN4CCCCC4)c3)c3ccsc3)c2c1)c1ccccc1. The van der Waals surface area contributed by atoms with Crippen LogP contribution in [0.3, 0.4) is 0 Å². The lowest BCUT2D eigenvalue weighted by Crippen LogP contribution is -2.28. The summed E-state index contributed by atoms with van der Waals surface area (Å²) in [7, 11) is 0. The van der Waals surface area contributed by atoms with E-state index in [1.165, 1.54) is 24.8 Å². The van der Waals surface area contributed by atoms with Crippen LogP contribution in [-0.4, -0.2) is 39.7 Å². The van der Waals surface area contributed by atoms with E-state index in [0.29, 0.717) is 16.8 Å². The Balaban J connectivity index is 1.35. The molecule has 1 saturated heterocycles. The van der Waals surface area contributed by atoms with Crippen LogP contribution in [0.25, 0.3) is 10.9 Å². The van der Waals surface area contributed by atoms with Gasteiger partial charge < -0.3 is 15.4 Å². The third-order valence-corrected chi connectivity index (χ3v) is 8.41. The third-order valence-electron chi connectivity index (χ3n) is 7.73. The number of carbonyl (C=O) groups is 1. The van der Waals surface area contributed by atoms with Crippen LogP contribution in [-0.2, 0) is 6.54 Å². The van der Waals surface area contributed by atoms with Gasteiger partial charge in [-0.05, 0) is 85.8 Å². The number of aliphatic imine (C=N–C) groups is 1. The molecular formula is C34H34N4O2S. The van der Waals surface area contributed by atoms with Gasteiger partial charge in [-0.2, -0.15) is 11.3 Å². The number of hydrogen-bond donors (Lipinski definition) is 3. The minimum absolute atomic E-state index is 0.0321. The van der Waals surface area contributed by atoms with Gasteiger partial charge in [0, 0.05) is 34.0 Å². The van der Waals surface area contributed by atoms with Crippen molar-refractivity contribution in [2.75, 3.05) is 13.1 Å². The summed E-state index contributed by atoms with van der Waals surface area (Å²) in [5.74, 6) is -0.140. The number of fused-ring (bicyclic) bond motifs is 1. The molecule has 0 bridgehead atoms. The van der Waals surface area contributed by atoms with Crippen molar-refractivity contribution in [2.45, 2.75) is 38.8 Å². The highest BCUT2D eigenvalue weighted by atomic mass is 32.1. The third kappa shape index (κ3) is 6.11. The maximum atomic E-state index is 13.3. The maximum absolute atomic E-state index is 13.3. The monoisotopic (exact) mass is 562 g/mol. The van der Waals surface area contributed by atoms with Gasteiger partial charge in [-0.25, -0.2) is 4.99 Å². The molecule has 3 N–H and O–H groups in total. The first kappa shape index (κ1) is 27.0. The highest BCUT2D eigenvalue weighted by Gasteiger charge is 2.21. The lowest BCUT2D eigenvalue weighted by Gasteiger charge is -2.26. The number of aromatic hydroxyl groups is 1. The molecule has 0 spiro atoms. The summed E-state index contributed by atoms with van der Waals surface area (Å²) >= 11 is 1.58. The van der Waals surface area contributed by atoms with Crippen molar-refractivity contribution < 1.29 is 9.90 Å². The molecule has 208 valence electrons. The topological polar surface area (TPSA) is 80.7 Å². The highest BCUT2D eigenvalue weighted by Crippen LogP contribution is 2.33. The van der Waals surface area contributed by atoms with Crippen molar-refractivity contribution in [3.05, 3.63) is 117 Å². The van der Waals surface area contributed by atoms with E-state index in [1.807, 2.05) is 72.3 Å². The first-order chi connectivity index (χ1) is 20.0. The average molecular weight is 563 g/mol. The van der Waals surface area contributed by atoms with E-state index in [1.54, 1.807) is 17.4 Å². The summed E-state index contributed by atoms with van der Waals surface area (Å²) in [5, 5.41) is 19.0. The van der Waals surface area contributed by atoms with E-state index >= 15 is 0 Å². The molecule has 0 unspecified atom stereocenters. The molecule has 1 aliphatic rings. The summed E-state index contributed by atoms with van der Waals surface area (Å²) in [6, 6.07) is 25.6. The number of carbonyl (C=O) groups excluding carboxylic acids is 1. The summed E-state index contributed by atoms with van der Waals surface area (Å²) in [5.41, 5.74) is 6.54. The zero-order valence-corrected chi connectivity index (χ0v) is 24.0. The lowest BCUT2D eigenvalue weighted by atomic mass is 10.0. The minimum Gasteiger partial charge on any atom is -0.494 e. The molecule has 5 aromatic rings. The predicted molar refractivity (Wildman–Crippen MR) is 167 cm³/mol. The van der Waals surface area contributed by atoms with Crippen LogP contribution in [0.15, 0.2) is 94.6 Å². The number of likely N-dealkylation sites (tertiary alicyclic amines) is 1. The smallest absolute Gasteiger partial charge is 0.251 e. The Bertz CT molecular complexity index is 1670. The second-order valence-corrected chi connectivity index (χ2v) is 11.5. The molecule has 6 rings (SSSR count). The molecule has 1 amide bonds. The van der Waals surface area contributed by atoms with Gasteiger partial charge in [0.15, 0.2) is 5.88 Å². The number of aromatic nitrogens is 1. The summed E-state index contributed by atoms with van der Waals surface area (Å²) < 4.78 is 0. The molecule has 6 nitrogen and oxygen atoms in total. The van der Waals surface area contributed by atoms with Gasteiger partial charge in [0.1, 0.15) is 0 Å². The van der Waals surface area contributed by atoms with Crippen molar-refractivity contribution >= 4 is 39.5 Å². The fraction of sp³-hybridized carbons (Fsp3) is 0.235. The van der Waals surface area contributed by atoms with Crippen LogP contribution < -0.4 is 5.32 Å². The number of nitrogens with zero attached hydrogens (tertiary/aromatic N) is 2. The van der Waals surface area contributed by atoms with Crippen LogP contribution in [0.5, 0.6) is 5.88 Å². The number of piperidine rings is 1. The fourth-order valence-corrected chi connectivity index (χ4v) is 6.20. The number of thiophene rings is 1. The Morgan fingerprint density at radius 2 is 1.83 bits per heavy atom. The number of hydrogen-bond acceptors (Lipinski definition) is 5. The quantitative estimate of drug-likeness (QED) is 0.171. The maximum Gasteiger partial charge on any atom is 0.251 e. The van der Waals surface area contributed by atoms with Crippen molar-refractivity contribution in [1.82, 2.24) is 15.2 Å². The van der Waals surface area contributed by atoms with E-state index in [2.05, 4.69) is 33.4 Å². The lowest BCUT2D eigenvalue weighted by molar-refractivity contribution is 0.0940. The molecule has 1 atom stereocenters. The molecule has 1 aliphatic heterocycles. The standard InChI is InChI=1S/C34H34N4O2S/c1-23(25-10-4-2-5-11-25)35-33(39)26-13-14-30-29(20-26)31(34(40)37-30)32(27-15-18-41-22-27)36-28-12-8-9-24(19-28)21-38-16-6-3-7-17-38/h2,4-5,8-15,18-20,22-23,37,40H,3,6-7,16-17,21H2,1H3,(H,35,39)/t23-/m1/s1. The van der Waals surface area contributed by atoms with E-state index in [0.717, 1.165) is 47.4 Å². The number of amides is 1. The summed E-state index contributed by atoms with van der Waals surface area (Å²) in [6.45, 7) is 5.16. The Labute approximate surface area is 244 Å². The molecule has 1 fully saturated rings. The number of nitrogens with one attached hydrogen (secondary N) is 2. The Morgan fingerprint density at radius 1 is 1.00 bits per heavy atom. The molecule has 3 heterocycles. The predicted octanol–water partition coefficient (Wildman–Crippen LogP) is 7.58.